The Morgan fingerprint density at radius 2 is 2.00 bits per heavy atom. The van der Waals surface area contributed by atoms with Gasteiger partial charge in [-0.2, -0.15) is 5.10 Å². The van der Waals surface area contributed by atoms with E-state index in [1.165, 1.54) is 12.8 Å². The van der Waals surface area contributed by atoms with E-state index in [1.54, 1.807) is 16.9 Å². The van der Waals surface area contributed by atoms with Crippen molar-refractivity contribution >= 4 is 33.6 Å². The number of hydrogen-bond donors (Lipinski definition) is 1. The van der Waals surface area contributed by atoms with Gasteiger partial charge in [-0.25, -0.2) is 4.68 Å². The van der Waals surface area contributed by atoms with E-state index in [1.807, 2.05) is 29.2 Å². The Morgan fingerprint density at radius 1 is 1.23 bits per heavy atom. The zero-order chi connectivity index (χ0) is 18.1. The number of amides is 2. The van der Waals surface area contributed by atoms with E-state index in [4.69, 9.17) is 0 Å². The summed E-state index contributed by atoms with van der Waals surface area (Å²) < 4.78 is 2.79. The van der Waals surface area contributed by atoms with Gasteiger partial charge in [0.25, 0.3) is 0 Å². The minimum atomic E-state index is -0.280. The molecule has 4 rings (SSSR count). The highest BCUT2D eigenvalue weighted by Gasteiger charge is 2.37. The second kappa shape index (κ2) is 7.23. The minimum Gasteiger partial charge on any atom is -0.342 e. The Balaban J connectivity index is 1.38. The van der Waals surface area contributed by atoms with Crippen LogP contribution in [0.25, 0.3) is 0 Å². The van der Waals surface area contributed by atoms with Gasteiger partial charge in [0.2, 0.25) is 11.8 Å². The Labute approximate surface area is 160 Å². The molecule has 1 N–H and O–H groups in total. The van der Waals surface area contributed by atoms with Crippen LogP contribution in [0.15, 0.2) is 41.0 Å². The second-order valence-corrected chi connectivity index (χ2v) is 8.05. The van der Waals surface area contributed by atoms with Crippen molar-refractivity contribution in [2.75, 3.05) is 18.4 Å². The quantitative estimate of drug-likeness (QED) is 0.786. The van der Waals surface area contributed by atoms with E-state index in [2.05, 4.69) is 26.3 Å². The number of carbonyl (C=O) groups is 2. The minimum absolute atomic E-state index is 0.0976. The summed E-state index contributed by atoms with van der Waals surface area (Å²) in [6.07, 6.45) is 4.39. The highest BCUT2D eigenvalue weighted by Crippen LogP contribution is 2.32. The number of hydrogen-bond acceptors (Lipinski definition) is 3. The molecule has 7 heteroatoms. The Bertz CT molecular complexity index is 813. The van der Waals surface area contributed by atoms with Crippen molar-refractivity contribution in [3.05, 3.63) is 46.6 Å². The SMILES string of the molecule is O=C(Nc1ccnn1Cc1ccc(Br)cc1)C1CC(=O)N(CC2CC2)C1. The number of halogens is 1. The van der Waals surface area contributed by atoms with Crippen molar-refractivity contribution < 1.29 is 9.59 Å². The average molecular weight is 417 g/mol. The molecule has 1 atom stereocenters. The molecule has 2 aliphatic rings. The summed E-state index contributed by atoms with van der Waals surface area (Å²) in [4.78, 5) is 26.6. The molecule has 0 spiro atoms. The summed E-state index contributed by atoms with van der Waals surface area (Å²) in [5.74, 6) is 1.02. The standard InChI is InChI=1S/C19H21BrN4O2/c20-16-5-3-14(4-6-16)11-24-17(7-8-21-24)22-19(26)15-9-18(25)23(12-15)10-13-1-2-13/h3-8,13,15H,1-2,9-12H2,(H,22,26). The van der Waals surface area contributed by atoms with Gasteiger partial charge < -0.3 is 10.2 Å². The lowest BCUT2D eigenvalue weighted by molar-refractivity contribution is -0.128. The van der Waals surface area contributed by atoms with Gasteiger partial charge >= 0.3 is 0 Å². The molecule has 0 bridgehead atoms. The first-order valence-electron chi connectivity index (χ1n) is 8.93. The molecule has 1 aromatic heterocycles. The first-order chi connectivity index (χ1) is 12.6. The lowest BCUT2D eigenvalue weighted by atomic mass is 10.1. The molecular formula is C19H21BrN4O2. The predicted molar refractivity (Wildman–Crippen MR) is 102 cm³/mol. The fourth-order valence-electron chi connectivity index (χ4n) is 3.29. The van der Waals surface area contributed by atoms with E-state index in [0.717, 1.165) is 16.6 Å². The van der Waals surface area contributed by atoms with Crippen molar-refractivity contribution in [2.45, 2.75) is 25.8 Å². The number of carbonyl (C=O) groups excluding carboxylic acids is 2. The van der Waals surface area contributed by atoms with E-state index in [-0.39, 0.29) is 17.7 Å². The lowest BCUT2D eigenvalue weighted by Crippen LogP contribution is -2.30. The summed E-state index contributed by atoms with van der Waals surface area (Å²) in [6, 6.07) is 9.78. The number of aromatic nitrogens is 2. The molecule has 6 nitrogen and oxygen atoms in total. The molecule has 2 amide bonds. The fraction of sp³-hybridized carbons (Fsp3) is 0.421. The maximum atomic E-state index is 12.6. The molecule has 136 valence electrons. The molecule has 2 heterocycles. The van der Waals surface area contributed by atoms with E-state index in [9.17, 15) is 9.59 Å². The van der Waals surface area contributed by atoms with Gasteiger partial charge in [-0.05, 0) is 36.5 Å². The van der Waals surface area contributed by atoms with Crippen LogP contribution in [0.4, 0.5) is 5.82 Å². The van der Waals surface area contributed by atoms with Gasteiger partial charge in [0, 0.05) is 30.0 Å². The van der Waals surface area contributed by atoms with Crippen LogP contribution in [-0.2, 0) is 16.1 Å². The Hall–Kier alpha value is -2.15. The highest BCUT2D eigenvalue weighted by molar-refractivity contribution is 9.10. The molecule has 1 unspecified atom stereocenters. The maximum Gasteiger partial charge on any atom is 0.230 e. The number of likely N-dealkylation sites (tertiary alicyclic amines) is 1. The van der Waals surface area contributed by atoms with Crippen LogP contribution in [0.1, 0.15) is 24.8 Å². The Kier molecular flexibility index (Phi) is 4.80. The molecule has 1 aliphatic heterocycles. The average Bonchev–Trinajstić information content (AvgIpc) is 3.22. The van der Waals surface area contributed by atoms with Crippen LogP contribution >= 0.6 is 15.9 Å². The maximum absolute atomic E-state index is 12.6. The highest BCUT2D eigenvalue weighted by atomic mass is 79.9. The van der Waals surface area contributed by atoms with Crippen molar-refractivity contribution in [2.24, 2.45) is 11.8 Å². The molecule has 0 radical (unpaired) electrons. The topological polar surface area (TPSA) is 67.2 Å². The van der Waals surface area contributed by atoms with Crippen molar-refractivity contribution in [3.8, 4) is 0 Å². The number of nitrogens with one attached hydrogen (secondary N) is 1. The van der Waals surface area contributed by atoms with Crippen LogP contribution in [0.5, 0.6) is 0 Å². The van der Waals surface area contributed by atoms with Crippen LogP contribution < -0.4 is 5.32 Å². The van der Waals surface area contributed by atoms with E-state index < -0.39 is 0 Å². The number of anilines is 1. The molecular weight excluding hydrogens is 396 g/mol. The first-order valence-corrected chi connectivity index (χ1v) is 9.72. The molecule has 1 saturated heterocycles. The molecule has 26 heavy (non-hydrogen) atoms. The zero-order valence-corrected chi connectivity index (χ0v) is 16.0. The van der Waals surface area contributed by atoms with Gasteiger partial charge in [0.05, 0.1) is 18.7 Å². The zero-order valence-electron chi connectivity index (χ0n) is 14.4. The van der Waals surface area contributed by atoms with Crippen molar-refractivity contribution in [3.63, 3.8) is 0 Å². The van der Waals surface area contributed by atoms with Gasteiger partial charge in [-0.15, -0.1) is 0 Å². The number of nitrogens with zero attached hydrogens (tertiary/aromatic N) is 3. The lowest BCUT2D eigenvalue weighted by Gasteiger charge is -2.16. The van der Waals surface area contributed by atoms with Crippen LogP contribution in [0.2, 0.25) is 0 Å². The Morgan fingerprint density at radius 3 is 2.73 bits per heavy atom. The molecule has 2 fully saturated rings. The van der Waals surface area contributed by atoms with Gasteiger partial charge in [-0.1, -0.05) is 28.1 Å². The number of rotatable bonds is 6. The monoisotopic (exact) mass is 416 g/mol. The van der Waals surface area contributed by atoms with Crippen molar-refractivity contribution in [1.29, 1.82) is 0 Å². The summed E-state index contributed by atoms with van der Waals surface area (Å²) in [6.45, 7) is 1.92. The van der Waals surface area contributed by atoms with Crippen molar-refractivity contribution in [1.82, 2.24) is 14.7 Å². The summed E-state index contributed by atoms with van der Waals surface area (Å²) in [5.41, 5.74) is 1.10. The second-order valence-electron chi connectivity index (χ2n) is 7.13. The van der Waals surface area contributed by atoms with Gasteiger partial charge in [0.1, 0.15) is 5.82 Å². The summed E-state index contributed by atoms with van der Waals surface area (Å²) in [5, 5.41) is 7.25. The normalized spacial score (nSPS) is 19.8. The van der Waals surface area contributed by atoms with Crippen LogP contribution in [0, 0.1) is 11.8 Å². The summed E-state index contributed by atoms with van der Waals surface area (Å²) >= 11 is 3.43. The smallest absolute Gasteiger partial charge is 0.230 e. The van der Waals surface area contributed by atoms with Gasteiger partial charge in [-0.3, -0.25) is 9.59 Å². The third-order valence-electron chi connectivity index (χ3n) is 4.97. The van der Waals surface area contributed by atoms with E-state index in [0.29, 0.717) is 31.2 Å². The first kappa shape index (κ1) is 17.3. The van der Waals surface area contributed by atoms with Gasteiger partial charge in [0.15, 0.2) is 0 Å². The molecule has 1 aromatic carbocycles. The predicted octanol–water partition coefficient (Wildman–Crippen LogP) is 2.89. The van der Waals surface area contributed by atoms with Crippen LogP contribution in [-0.4, -0.2) is 39.6 Å². The molecule has 1 aliphatic carbocycles. The van der Waals surface area contributed by atoms with Crippen LogP contribution in [0.3, 0.4) is 0 Å². The summed E-state index contributed by atoms with van der Waals surface area (Å²) in [7, 11) is 0. The fourth-order valence-corrected chi connectivity index (χ4v) is 3.56. The third kappa shape index (κ3) is 3.98. The van der Waals surface area contributed by atoms with E-state index >= 15 is 0 Å². The number of benzene rings is 1. The molecule has 2 aromatic rings. The third-order valence-corrected chi connectivity index (χ3v) is 5.50. The largest absolute Gasteiger partial charge is 0.342 e. The molecule has 1 saturated carbocycles.